The maximum Gasteiger partial charge on any atom is 0.424 e. The molecule has 0 aliphatic rings. The number of halogens is 3. The van der Waals surface area contributed by atoms with E-state index in [1.54, 1.807) is 6.92 Å². The fourth-order valence-corrected chi connectivity index (χ4v) is 1.44. The number of hydrogen-bond donors (Lipinski definition) is 2. The molecule has 16 heavy (non-hydrogen) atoms. The van der Waals surface area contributed by atoms with Gasteiger partial charge in [-0.25, -0.2) is 0 Å². The number of alkyl halides is 3. The predicted octanol–water partition coefficient (Wildman–Crippen LogP) is 1.00. The first-order chi connectivity index (χ1) is 7.36. The zero-order valence-corrected chi connectivity index (χ0v) is 8.83. The van der Waals surface area contributed by atoms with Crippen LogP contribution >= 0.6 is 0 Å². The minimum absolute atomic E-state index is 0.306. The minimum atomic E-state index is -4.81. The standard InChI is InChI=1S/C9H14F3N3O/c1-2-5-15-7(3-4-14-15)8(16,6-13)9(10,11)12/h3-4,16H,2,5-6,13H2,1H3. The van der Waals surface area contributed by atoms with Crippen LogP contribution in [0.25, 0.3) is 0 Å². The molecule has 0 aliphatic carbocycles. The molecule has 0 spiro atoms. The van der Waals surface area contributed by atoms with E-state index in [2.05, 4.69) is 5.10 Å². The first-order valence-corrected chi connectivity index (χ1v) is 4.88. The van der Waals surface area contributed by atoms with Crippen molar-refractivity contribution in [2.75, 3.05) is 6.54 Å². The molecule has 1 rings (SSSR count). The van der Waals surface area contributed by atoms with Crippen LogP contribution in [0.3, 0.4) is 0 Å². The van der Waals surface area contributed by atoms with Crippen LogP contribution in [0.5, 0.6) is 0 Å². The van der Waals surface area contributed by atoms with Gasteiger partial charge in [0.1, 0.15) is 0 Å². The molecule has 0 saturated carbocycles. The number of nitrogens with two attached hydrogens (primary N) is 1. The number of nitrogens with zero attached hydrogens (tertiary/aromatic N) is 2. The lowest BCUT2D eigenvalue weighted by Gasteiger charge is -2.29. The summed E-state index contributed by atoms with van der Waals surface area (Å²) >= 11 is 0. The molecule has 0 aliphatic heterocycles. The number of rotatable bonds is 4. The van der Waals surface area contributed by atoms with E-state index in [1.807, 2.05) is 0 Å². The zero-order chi connectivity index (χ0) is 12.4. The Balaban J connectivity index is 3.18. The molecule has 0 amide bonds. The molecule has 1 heterocycles. The van der Waals surface area contributed by atoms with Crippen LogP contribution in [0.15, 0.2) is 12.3 Å². The Bertz CT molecular complexity index is 350. The summed E-state index contributed by atoms with van der Waals surface area (Å²) in [5.74, 6) is 0. The van der Waals surface area contributed by atoms with Gasteiger partial charge >= 0.3 is 6.18 Å². The van der Waals surface area contributed by atoms with Gasteiger partial charge in [-0.05, 0) is 12.5 Å². The predicted molar refractivity (Wildman–Crippen MR) is 51.5 cm³/mol. The van der Waals surface area contributed by atoms with Crippen molar-refractivity contribution in [3.05, 3.63) is 18.0 Å². The van der Waals surface area contributed by atoms with Crippen molar-refractivity contribution in [2.24, 2.45) is 5.73 Å². The van der Waals surface area contributed by atoms with E-state index in [-0.39, 0.29) is 5.69 Å². The molecule has 1 unspecified atom stereocenters. The van der Waals surface area contributed by atoms with E-state index >= 15 is 0 Å². The van der Waals surface area contributed by atoms with Gasteiger partial charge in [-0.2, -0.15) is 18.3 Å². The fourth-order valence-electron chi connectivity index (χ4n) is 1.44. The lowest BCUT2D eigenvalue weighted by Crippen LogP contribution is -2.49. The summed E-state index contributed by atoms with van der Waals surface area (Å²) in [5.41, 5.74) is 1.69. The van der Waals surface area contributed by atoms with Gasteiger partial charge in [-0.15, -0.1) is 0 Å². The second-order valence-electron chi connectivity index (χ2n) is 3.50. The molecule has 1 aromatic rings. The first kappa shape index (κ1) is 13.0. The summed E-state index contributed by atoms with van der Waals surface area (Å²) in [5, 5.41) is 13.3. The van der Waals surface area contributed by atoms with E-state index in [9.17, 15) is 18.3 Å². The third-order valence-electron chi connectivity index (χ3n) is 2.34. The molecule has 1 atom stereocenters. The van der Waals surface area contributed by atoms with Gasteiger partial charge in [0.15, 0.2) is 0 Å². The summed E-state index contributed by atoms with van der Waals surface area (Å²) in [4.78, 5) is 0. The lowest BCUT2D eigenvalue weighted by molar-refractivity contribution is -0.264. The monoisotopic (exact) mass is 237 g/mol. The molecule has 0 fully saturated rings. The molecule has 0 radical (unpaired) electrons. The third-order valence-corrected chi connectivity index (χ3v) is 2.34. The summed E-state index contributed by atoms with van der Waals surface area (Å²) < 4.78 is 39.3. The number of hydrogen-bond acceptors (Lipinski definition) is 3. The molecule has 0 bridgehead atoms. The van der Waals surface area contributed by atoms with Gasteiger partial charge < -0.3 is 10.8 Å². The summed E-state index contributed by atoms with van der Waals surface area (Å²) in [6.07, 6.45) is -2.97. The number of aromatic nitrogens is 2. The van der Waals surface area contributed by atoms with Crippen molar-refractivity contribution in [3.63, 3.8) is 0 Å². The summed E-state index contributed by atoms with van der Waals surface area (Å²) in [6.45, 7) is 1.19. The van der Waals surface area contributed by atoms with Crippen LogP contribution in [-0.4, -0.2) is 27.6 Å². The molecule has 4 nitrogen and oxygen atoms in total. The molecule has 0 aromatic carbocycles. The number of aryl methyl sites for hydroxylation is 1. The second-order valence-corrected chi connectivity index (χ2v) is 3.50. The van der Waals surface area contributed by atoms with Crippen molar-refractivity contribution < 1.29 is 18.3 Å². The Hall–Kier alpha value is -1.08. The molecule has 92 valence electrons. The van der Waals surface area contributed by atoms with Crippen LogP contribution in [0.4, 0.5) is 13.2 Å². The van der Waals surface area contributed by atoms with E-state index < -0.39 is 18.3 Å². The second kappa shape index (κ2) is 4.42. The van der Waals surface area contributed by atoms with E-state index in [0.29, 0.717) is 13.0 Å². The first-order valence-electron chi connectivity index (χ1n) is 4.88. The van der Waals surface area contributed by atoms with Gasteiger partial charge in [-0.1, -0.05) is 6.92 Å². The third kappa shape index (κ3) is 2.05. The van der Waals surface area contributed by atoms with Crippen molar-refractivity contribution in [3.8, 4) is 0 Å². The van der Waals surface area contributed by atoms with Gasteiger partial charge in [-0.3, -0.25) is 4.68 Å². The highest BCUT2D eigenvalue weighted by Crippen LogP contribution is 2.37. The fraction of sp³-hybridized carbons (Fsp3) is 0.667. The van der Waals surface area contributed by atoms with E-state index in [1.165, 1.54) is 6.20 Å². The maximum absolute atomic E-state index is 12.7. The van der Waals surface area contributed by atoms with Crippen LogP contribution in [0.1, 0.15) is 19.0 Å². The zero-order valence-electron chi connectivity index (χ0n) is 8.83. The molecule has 0 saturated heterocycles. The Kier molecular flexibility index (Phi) is 3.59. The molecule has 3 N–H and O–H groups in total. The van der Waals surface area contributed by atoms with Crippen LogP contribution in [0.2, 0.25) is 0 Å². The molecule has 1 aromatic heterocycles. The van der Waals surface area contributed by atoms with Gasteiger partial charge in [0, 0.05) is 19.3 Å². The van der Waals surface area contributed by atoms with E-state index in [4.69, 9.17) is 5.73 Å². The van der Waals surface area contributed by atoms with Gasteiger partial charge in [0.25, 0.3) is 0 Å². The van der Waals surface area contributed by atoms with Crippen molar-refractivity contribution >= 4 is 0 Å². The largest absolute Gasteiger partial charge is 0.424 e. The minimum Gasteiger partial charge on any atom is -0.374 e. The Morgan fingerprint density at radius 2 is 2.12 bits per heavy atom. The highest BCUT2D eigenvalue weighted by atomic mass is 19.4. The molecular weight excluding hydrogens is 223 g/mol. The normalized spacial score (nSPS) is 16.1. The van der Waals surface area contributed by atoms with Crippen LogP contribution < -0.4 is 5.73 Å². The SMILES string of the molecule is CCCn1nccc1C(O)(CN)C(F)(F)F. The van der Waals surface area contributed by atoms with Gasteiger partial charge in [0.2, 0.25) is 5.60 Å². The van der Waals surface area contributed by atoms with Crippen molar-refractivity contribution in [2.45, 2.75) is 31.7 Å². The van der Waals surface area contributed by atoms with E-state index in [0.717, 1.165) is 10.7 Å². The Labute approximate surface area is 90.9 Å². The van der Waals surface area contributed by atoms with Crippen LogP contribution in [-0.2, 0) is 12.1 Å². The summed E-state index contributed by atoms with van der Waals surface area (Å²) in [6, 6.07) is 1.13. The van der Waals surface area contributed by atoms with Gasteiger partial charge in [0.05, 0.1) is 5.69 Å². The van der Waals surface area contributed by atoms with Crippen molar-refractivity contribution in [1.82, 2.24) is 9.78 Å². The van der Waals surface area contributed by atoms with Crippen LogP contribution in [0, 0.1) is 0 Å². The highest BCUT2D eigenvalue weighted by Gasteiger charge is 2.55. The quantitative estimate of drug-likeness (QED) is 0.821. The maximum atomic E-state index is 12.7. The summed E-state index contributed by atoms with van der Waals surface area (Å²) in [7, 11) is 0. The average Bonchev–Trinajstić information content (AvgIpc) is 2.64. The average molecular weight is 237 g/mol. The van der Waals surface area contributed by atoms with Crippen molar-refractivity contribution in [1.29, 1.82) is 0 Å². The highest BCUT2D eigenvalue weighted by molar-refractivity contribution is 5.15. The Morgan fingerprint density at radius 1 is 1.50 bits per heavy atom. The molecular formula is C9H14F3N3O. The topological polar surface area (TPSA) is 64.1 Å². The smallest absolute Gasteiger partial charge is 0.374 e. The molecule has 7 heteroatoms. The Morgan fingerprint density at radius 3 is 2.56 bits per heavy atom. The number of aliphatic hydroxyl groups is 1. The lowest BCUT2D eigenvalue weighted by atomic mass is 9.99.